The van der Waals surface area contributed by atoms with Crippen LogP contribution in [0.2, 0.25) is 0 Å². The van der Waals surface area contributed by atoms with Crippen molar-refractivity contribution in [1.82, 2.24) is 15.5 Å². The second kappa shape index (κ2) is 5.30. The average molecular weight is 279 g/mol. The number of nitrogens with zero attached hydrogens (tertiary/aromatic N) is 2. The fourth-order valence-electron chi connectivity index (χ4n) is 1.75. The van der Waals surface area contributed by atoms with Crippen molar-refractivity contribution < 1.29 is 8.81 Å². The largest absolute Gasteiger partial charge is 0.416 e. The maximum atomic E-state index is 13.9. The van der Waals surface area contributed by atoms with E-state index in [9.17, 15) is 4.39 Å². The van der Waals surface area contributed by atoms with Crippen LogP contribution in [0.4, 0.5) is 4.39 Å². The van der Waals surface area contributed by atoms with Gasteiger partial charge in [-0.15, -0.1) is 10.2 Å². The van der Waals surface area contributed by atoms with Gasteiger partial charge in [-0.3, -0.25) is 0 Å². The minimum absolute atomic E-state index is 0.200. The minimum atomic E-state index is -0.200. The van der Waals surface area contributed by atoms with Crippen molar-refractivity contribution in [2.75, 3.05) is 0 Å². The molecule has 3 rings (SSSR count). The summed E-state index contributed by atoms with van der Waals surface area (Å²) in [6, 6.07) is 5.59. The number of benzene rings is 1. The molecule has 1 saturated carbocycles. The topological polar surface area (TPSA) is 51.0 Å². The van der Waals surface area contributed by atoms with E-state index in [0.717, 1.165) is 4.90 Å². The summed E-state index contributed by atoms with van der Waals surface area (Å²) in [4.78, 5) is 0.816. The third-order valence-electron chi connectivity index (χ3n) is 2.93. The monoisotopic (exact) mass is 279 g/mol. The third kappa shape index (κ3) is 3.13. The lowest BCUT2D eigenvalue weighted by Gasteiger charge is -2.09. The Morgan fingerprint density at radius 2 is 2.26 bits per heavy atom. The zero-order valence-corrected chi connectivity index (χ0v) is 11.3. The Hall–Kier alpha value is -1.40. The van der Waals surface area contributed by atoms with Gasteiger partial charge in [0.25, 0.3) is 5.22 Å². The summed E-state index contributed by atoms with van der Waals surface area (Å²) in [6.45, 7) is 2.27. The van der Waals surface area contributed by atoms with Crippen molar-refractivity contribution in [1.29, 1.82) is 0 Å². The lowest BCUT2D eigenvalue weighted by atomic mass is 10.2. The molecular formula is C13H14FN3OS. The predicted octanol–water partition coefficient (Wildman–Crippen LogP) is 2.92. The zero-order valence-electron chi connectivity index (χ0n) is 10.5. The second-order valence-electron chi connectivity index (χ2n) is 4.56. The standard InChI is InChI=1S/C13H14FN3OS/c1-8-16-17-13(18-8)19-12-4-2-3-11(14)10(12)7-15-9-5-6-9/h2-4,9,15H,5-7H2,1H3. The molecule has 0 atom stereocenters. The summed E-state index contributed by atoms with van der Waals surface area (Å²) in [5, 5.41) is 11.5. The maximum absolute atomic E-state index is 13.9. The number of aromatic nitrogens is 2. The first kappa shape index (κ1) is 12.6. The van der Waals surface area contributed by atoms with Crippen LogP contribution in [0.5, 0.6) is 0 Å². The second-order valence-corrected chi connectivity index (χ2v) is 5.55. The van der Waals surface area contributed by atoms with Crippen molar-refractivity contribution in [2.24, 2.45) is 0 Å². The van der Waals surface area contributed by atoms with Gasteiger partial charge in [-0.05, 0) is 36.7 Å². The SMILES string of the molecule is Cc1nnc(Sc2cccc(F)c2CNC2CC2)o1. The fraction of sp³-hybridized carbons (Fsp3) is 0.385. The van der Waals surface area contributed by atoms with Gasteiger partial charge in [0.15, 0.2) is 0 Å². The van der Waals surface area contributed by atoms with Gasteiger partial charge in [-0.25, -0.2) is 4.39 Å². The van der Waals surface area contributed by atoms with Crippen LogP contribution in [0.25, 0.3) is 0 Å². The highest BCUT2D eigenvalue weighted by Crippen LogP contribution is 2.31. The number of hydrogen-bond acceptors (Lipinski definition) is 5. The zero-order chi connectivity index (χ0) is 13.2. The van der Waals surface area contributed by atoms with Gasteiger partial charge in [0.05, 0.1) is 0 Å². The third-order valence-corrected chi connectivity index (χ3v) is 3.87. The van der Waals surface area contributed by atoms with Gasteiger partial charge in [-0.1, -0.05) is 6.07 Å². The molecule has 1 aliphatic carbocycles. The number of halogens is 1. The summed E-state index contributed by atoms with van der Waals surface area (Å²) >= 11 is 1.30. The van der Waals surface area contributed by atoms with Crippen molar-refractivity contribution >= 4 is 11.8 Å². The molecule has 100 valence electrons. The normalized spacial score (nSPS) is 14.8. The van der Waals surface area contributed by atoms with E-state index >= 15 is 0 Å². The number of hydrogen-bond donors (Lipinski definition) is 1. The highest BCUT2D eigenvalue weighted by molar-refractivity contribution is 7.99. The number of rotatable bonds is 5. The first-order valence-electron chi connectivity index (χ1n) is 6.21. The molecule has 2 aromatic rings. The molecule has 1 aromatic heterocycles. The Balaban J connectivity index is 1.80. The van der Waals surface area contributed by atoms with E-state index < -0.39 is 0 Å². The van der Waals surface area contributed by atoms with E-state index in [-0.39, 0.29) is 5.82 Å². The molecule has 1 aromatic carbocycles. The van der Waals surface area contributed by atoms with Crippen LogP contribution in [0.15, 0.2) is 32.7 Å². The quantitative estimate of drug-likeness (QED) is 0.912. The van der Waals surface area contributed by atoms with Crippen molar-refractivity contribution in [3.05, 3.63) is 35.5 Å². The summed E-state index contributed by atoms with van der Waals surface area (Å²) in [5.41, 5.74) is 0.662. The van der Waals surface area contributed by atoms with E-state index in [1.54, 1.807) is 13.0 Å². The lowest BCUT2D eigenvalue weighted by molar-refractivity contribution is 0.429. The van der Waals surface area contributed by atoms with Gasteiger partial charge < -0.3 is 9.73 Å². The summed E-state index contributed by atoms with van der Waals surface area (Å²) in [5.74, 6) is 0.311. The molecule has 1 heterocycles. The van der Waals surface area contributed by atoms with Crippen LogP contribution < -0.4 is 5.32 Å². The van der Waals surface area contributed by atoms with E-state index in [0.29, 0.717) is 29.3 Å². The molecule has 6 heteroatoms. The number of aryl methyl sites for hydroxylation is 1. The predicted molar refractivity (Wildman–Crippen MR) is 69.4 cm³/mol. The fourth-order valence-corrected chi connectivity index (χ4v) is 2.63. The highest BCUT2D eigenvalue weighted by atomic mass is 32.2. The smallest absolute Gasteiger partial charge is 0.281 e. The molecular weight excluding hydrogens is 265 g/mol. The van der Waals surface area contributed by atoms with Gasteiger partial charge in [0, 0.05) is 30.0 Å². The van der Waals surface area contributed by atoms with Crippen molar-refractivity contribution in [3.8, 4) is 0 Å². The summed E-state index contributed by atoms with van der Waals surface area (Å²) in [6.07, 6.45) is 2.36. The molecule has 0 bridgehead atoms. The van der Waals surface area contributed by atoms with Gasteiger partial charge in [0.1, 0.15) is 5.82 Å². The summed E-state index contributed by atoms with van der Waals surface area (Å²) < 4.78 is 19.2. The Bertz CT molecular complexity index is 583. The highest BCUT2D eigenvalue weighted by Gasteiger charge is 2.21. The first-order chi connectivity index (χ1) is 9.22. The van der Waals surface area contributed by atoms with Crippen LogP contribution in [0, 0.1) is 12.7 Å². The maximum Gasteiger partial charge on any atom is 0.281 e. The first-order valence-corrected chi connectivity index (χ1v) is 7.03. The van der Waals surface area contributed by atoms with Gasteiger partial charge >= 0.3 is 0 Å². The molecule has 0 amide bonds. The number of nitrogens with one attached hydrogen (secondary N) is 1. The molecule has 1 N–H and O–H groups in total. The molecule has 0 spiro atoms. The van der Waals surface area contributed by atoms with E-state index in [1.165, 1.54) is 30.7 Å². The van der Waals surface area contributed by atoms with Crippen LogP contribution in [0.3, 0.4) is 0 Å². The van der Waals surface area contributed by atoms with E-state index in [4.69, 9.17) is 4.42 Å². The molecule has 1 fully saturated rings. The molecule has 0 saturated heterocycles. The van der Waals surface area contributed by atoms with Crippen LogP contribution >= 0.6 is 11.8 Å². The molecule has 4 nitrogen and oxygen atoms in total. The molecule has 0 aliphatic heterocycles. The van der Waals surface area contributed by atoms with Crippen LogP contribution in [0.1, 0.15) is 24.3 Å². The Morgan fingerprint density at radius 3 is 2.95 bits per heavy atom. The Kier molecular flexibility index (Phi) is 3.52. The van der Waals surface area contributed by atoms with Gasteiger partial charge in [0.2, 0.25) is 5.89 Å². The van der Waals surface area contributed by atoms with Crippen LogP contribution in [-0.2, 0) is 6.54 Å². The summed E-state index contributed by atoms with van der Waals surface area (Å²) in [7, 11) is 0. The minimum Gasteiger partial charge on any atom is -0.416 e. The van der Waals surface area contributed by atoms with Crippen LogP contribution in [-0.4, -0.2) is 16.2 Å². The van der Waals surface area contributed by atoms with Crippen molar-refractivity contribution in [3.63, 3.8) is 0 Å². The van der Waals surface area contributed by atoms with E-state index in [2.05, 4.69) is 15.5 Å². The van der Waals surface area contributed by atoms with E-state index in [1.807, 2.05) is 6.07 Å². The Morgan fingerprint density at radius 1 is 1.42 bits per heavy atom. The lowest BCUT2D eigenvalue weighted by Crippen LogP contribution is -2.16. The van der Waals surface area contributed by atoms with Crippen molar-refractivity contribution in [2.45, 2.75) is 42.5 Å². The van der Waals surface area contributed by atoms with Gasteiger partial charge in [-0.2, -0.15) is 0 Å². The molecule has 1 aliphatic rings. The Labute approximate surface area is 114 Å². The molecule has 19 heavy (non-hydrogen) atoms. The average Bonchev–Trinajstić information content (AvgIpc) is 3.12. The molecule has 0 unspecified atom stereocenters. The molecule has 0 radical (unpaired) electrons.